The molecule has 1 amide bonds. The van der Waals surface area contributed by atoms with Gasteiger partial charge in [-0.1, -0.05) is 37.6 Å². The fraction of sp³-hybridized carbons (Fsp3) is 0.533. The van der Waals surface area contributed by atoms with Crippen molar-refractivity contribution in [3.05, 3.63) is 35.4 Å². The lowest BCUT2D eigenvalue weighted by Crippen LogP contribution is -2.35. The molecule has 0 fully saturated rings. The topological polar surface area (TPSA) is 32.3 Å². The van der Waals surface area contributed by atoms with Crippen molar-refractivity contribution in [3.63, 3.8) is 0 Å². The van der Waals surface area contributed by atoms with Crippen LogP contribution in [-0.4, -0.2) is 30.9 Å². The number of aryl methyl sites for hydroxylation is 1. The predicted octanol–water partition coefficient (Wildman–Crippen LogP) is 2.34. The second-order valence-electron chi connectivity index (χ2n) is 4.79. The maximum Gasteiger partial charge on any atom is 0.234 e. The van der Waals surface area contributed by atoms with Gasteiger partial charge in [-0.3, -0.25) is 9.69 Å². The van der Waals surface area contributed by atoms with E-state index in [0.29, 0.717) is 13.1 Å². The summed E-state index contributed by atoms with van der Waals surface area (Å²) in [6.45, 7) is 6.30. The van der Waals surface area contributed by atoms with E-state index < -0.39 is 0 Å². The van der Waals surface area contributed by atoms with Gasteiger partial charge in [-0.25, -0.2) is 0 Å². The summed E-state index contributed by atoms with van der Waals surface area (Å²) in [6, 6.07) is 8.13. The molecule has 1 N–H and O–H groups in total. The average Bonchev–Trinajstić information content (AvgIpc) is 2.35. The molecule has 100 valence electrons. The third-order valence-corrected chi connectivity index (χ3v) is 3.04. The molecule has 1 aromatic rings. The average molecular weight is 248 g/mol. The molecular formula is C15H24N2O. The van der Waals surface area contributed by atoms with Crippen molar-refractivity contribution in [1.29, 1.82) is 0 Å². The van der Waals surface area contributed by atoms with Gasteiger partial charge in [-0.05, 0) is 38.1 Å². The first-order chi connectivity index (χ1) is 8.63. The SMILES string of the molecule is CCCCN(C)CC(=O)NCc1ccccc1C. The van der Waals surface area contributed by atoms with Gasteiger partial charge in [0.05, 0.1) is 6.54 Å². The van der Waals surface area contributed by atoms with Gasteiger partial charge in [-0.15, -0.1) is 0 Å². The quantitative estimate of drug-likeness (QED) is 0.803. The van der Waals surface area contributed by atoms with Crippen molar-refractivity contribution >= 4 is 5.91 Å². The van der Waals surface area contributed by atoms with E-state index in [-0.39, 0.29) is 5.91 Å². The van der Waals surface area contributed by atoms with Crippen LogP contribution in [0.3, 0.4) is 0 Å². The molecule has 0 atom stereocenters. The lowest BCUT2D eigenvalue weighted by atomic mass is 10.1. The first kappa shape index (κ1) is 14.7. The molecule has 0 spiro atoms. The molecule has 3 nitrogen and oxygen atoms in total. The van der Waals surface area contributed by atoms with E-state index in [1.54, 1.807) is 0 Å². The summed E-state index contributed by atoms with van der Waals surface area (Å²) in [5.74, 6) is 0.0943. The van der Waals surface area contributed by atoms with Gasteiger partial charge in [0.25, 0.3) is 0 Å². The molecule has 0 saturated carbocycles. The third kappa shape index (κ3) is 5.32. The van der Waals surface area contributed by atoms with Gasteiger partial charge in [-0.2, -0.15) is 0 Å². The van der Waals surface area contributed by atoms with E-state index in [0.717, 1.165) is 19.4 Å². The van der Waals surface area contributed by atoms with E-state index in [4.69, 9.17) is 0 Å². The van der Waals surface area contributed by atoms with Crippen molar-refractivity contribution in [1.82, 2.24) is 10.2 Å². The molecule has 0 aliphatic rings. The molecule has 3 heteroatoms. The number of nitrogens with zero attached hydrogens (tertiary/aromatic N) is 1. The number of carbonyl (C=O) groups is 1. The van der Waals surface area contributed by atoms with Crippen LogP contribution in [0.25, 0.3) is 0 Å². The molecule has 18 heavy (non-hydrogen) atoms. The van der Waals surface area contributed by atoms with Gasteiger partial charge in [0, 0.05) is 6.54 Å². The Morgan fingerprint density at radius 3 is 2.72 bits per heavy atom. The highest BCUT2D eigenvalue weighted by Gasteiger charge is 2.06. The highest BCUT2D eigenvalue weighted by molar-refractivity contribution is 5.78. The Bertz CT molecular complexity index is 377. The van der Waals surface area contributed by atoms with E-state index in [1.807, 2.05) is 19.2 Å². The van der Waals surface area contributed by atoms with Gasteiger partial charge in [0.2, 0.25) is 5.91 Å². The van der Waals surface area contributed by atoms with E-state index in [2.05, 4.69) is 36.2 Å². The molecule has 0 unspecified atom stereocenters. The number of rotatable bonds is 7. The van der Waals surface area contributed by atoms with Crippen LogP contribution < -0.4 is 5.32 Å². The standard InChI is InChI=1S/C15H24N2O/c1-4-5-10-17(3)12-15(18)16-11-14-9-7-6-8-13(14)2/h6-9H,4-5,10-12H2,1-3H3,(H,16,18). The molecule has 0 heterocycles. The number of amides is 1. The Labute approximate surface area is 110 Å². The number of hydrogen-bond acceptors (Lipinski definition) is 2. The first-order valence-electron chi connectivity index (χ1n) is 6.63. The fourth-order valence-corrected chi connectivity index (χ4v) is 1.81. The van der Waals surface area contributed by atoms with Crippen molar-refractivity contribution in [2.45, 2.75) is 33.2 Å². The Morgan fingerprint density at radius 2 is 2.06 bits per heavy atom. The van der Waals surface area contributed by atoms with Crippen molar-refractivity contribution < 1.29 is 4.79 Å². The predicted molar refractivity (Wildman–Crippen MR) is 75.4 cm³/mol. The van der Waals surface area contributed by atoms with Crippen LogP contribution >= 0.6 is 0 Å². The lowest BCUT2D eigenvalue weighted by molar-refractivity contribution is -0.122. The van der Waals surface area contributed by atoms with E-state index in [1.165, 1.54) is 11.1 Å². The molecular weight excluding hydrogens is 224 g/mol. The molecule has 0 aliphatic heterocycles. The normalized spacial score (nSPS) is 10.7. The minimum absolute atomic E-state index is 0.0943. The maximum atomic E-state index is 11.7. The number of benzene rings is 1. The van der Waals surface area contributed by atoms with Crippen LogP contribution in [0.2, 0.25) is 0 Å². The monoisotopic (exact) mass is 248 g/mol. The number of nitrogens with one attached hydrogen (secondary N) is 1. The molecule has 0 aliphatic carbocycles. The fourth-order valence-electron chi connectivity index (χ4n) is 1.81. The van der Waals surface area contributed by atoms with Crippen LogP contribution in [0.4, 0.5) is 0 Å². The molecule has 1 rings (SSSR count). The van der Waals surface area contributed by atoms with Gasteiger partial charge >= 0.3 is 0 Å². The number of carbonyl (C=O) groups excluding carboxylic acids is 1. The first-order valence-corrected chi connectivity index (χ1v) is 6.63. The second-order valence-corrected chi connectivity index (χ2v) is 4.79. The van der Waals surface area contributed by atoms with Crippen molar-refractivity contribution in [2.24, 2.45) is 0 Å². The number of likely N-dealkylation sites (N-methyl/N-ethyl adjacent to an activating group) is 1. The summed E-state index contributed by atoms with van der Waals surface area (Å²) in [5.41, 5.74) is 2.40. The zero-order valence-electron chi connectivity index (χ0n) is 11.7. The summed E-state index contributed by atoms with van der Waals surface area (Å²) in [7, 11) is 1.99. The highest BCUT2D eigenvalue weighted by atomic mass is 16.2. The minimum atomic E-state index is 0.0943. The van der Waals surface area contributed by atoms with Crippen LogP contribution in [-0.2, 0) is 11.3 Å². The zero-order chi connectivity index (χ0) is 13.4. The zero-order valence-corrected chi connectivity index (χ0v) is 11.7. The molecule has 0 saturated heterocycles. The summed E-state index contributed by atoms with van der Waals surface area (Å²) >= 11 is 0. The largest absolute Gasteiger partial charge is 0.351 e. The van der Waals surface area contributed by atoms with Crippen LogP contribution in [0.1, 0.15) is 30.9 Å². The summed E-state index contributed by atoms with van der Waals surface area (Å²) in [4.78, 5) is 13.8. The van der Waals surface area contributed by atoms with Gasteiger partial charge in [0.1, 0.15) is 0 Å². The summed E-state index contributed by atoms with van der Waals surface area (Å²) in [6.07, 6.45) is 2.30. The number of hydrogen-bond donors (Lipinski definition) is 1. The Balaban J connectivity index is 2.31. The summed E-state index contributed by atoms with van der Waals surface area (Å²) < 4.78 is 0. The molecule has 0 aromatic heterocycles. The molecule has 0 radical (unpaired) electrons. The molecule has 0 bridgehead atoms. The van der Waals surface area contributed by atoms with Crippen LogP contribution in [0.15, 0.2) is 24.3 Å². The van der Waals surface area contributed by atoms with Crippen molar-refractivity contribution in [2.75, 3.05) is 20.1 Å². The van der Waals surface area contributed by atoms with E-state index in [9.17, 15) is 4.79 Å². The minimum Gasteiger partial charge on any atom is -0.351 e. The van der Waals surface area contributed by atoms with E-state index >= 15 is 0 Å². The van der Waals surface area contributed by atoms with Crippen LogP contribution in [0.5, 0.6) is 0 Å². The van der Waals surface area contributed by atoms with Crippen LogP contribution in [0, 0.1) is 6.92 Å². The smallest absolute Gasteiger partial charge is 0.234 e. The number of unbranched alkanes of at least 4 members (excludes halogenated alkanes) is 1. The Hall–Kier alpha value is -1.35. The van der Waals surface area contributed by atoms with Crippen molar-refractivity contribution in [3.8, 4) is 0 Å². The summed E-state index contributed by atoms with van der Waals surface area (Å²) in [5, 5.41) is 2.97. The van der Waals surface area contributed by atoms with Gasteiger partial charge < -0.3 is 5.32 Å². The Kier molecular flexibility index (Phi) is 6.44. The Morgan fingerprint density at radius 1 is 1.33 bits per heavy atom. The second kappa shape index (κ2) is 7.88. The van der Waals surface area contributed by atoms with Gasteiger partial charge in [0.15, 0.2) is 0 Å². The lowest BCUT2D eigenvalue weighted by Gasteiger charge is -2.16. The maximum absolute atomic E-state index is 11.7. The molecule has 1 aromatic carbocycles. The highest BCUT2D eigenvalue weighted by Crippen LogP contribution is 2.05. The third-order valence-electron chi connectivity index (χ3n) is 3.04.